The zero-order valence-corrected chi connectivity index (χ0v) is 25.4. The van der Waals surface area contributed by atoms with E-state index in [9.17, 15) is 14.0 Å². The molecule has 0 fully saturated rings. The minimum atomic E-state index is -0.828. The molecule has 11 heteroatoms. The first-order chi connectivity index (χ1) is 20.7. The predicted octanol–water partition coefficient (Wildman–Crippen LogP) is 5.19. The van der Waals surface area contributed by atoms with Gasteiger partial charge in [0.2, 0.25) is 0 Å². The van der Waals surface area contributed by atoms with Gasteiger partial charge in [-0.1, -0.05) is 41.1 Å². The van der Waals surface area contributed by atoms with Crippen molar-refractivity contribution in [3.05, 3.63) is 119 Å². The van der Waals surface area contributed by atoms with E-state index in [-0.39, 0.29) is 30.2 Å². The standard InChI is InChI=1S/C32H28ClFN2O6S/c1-5-41-31(38)28-18(2)35-32-36(29(28)20-8-12-25(39-3)26(15-20)40-4)30(37)27(43-32)16-21-14-22(33)9-13-24(21)42-17-19-6-10-23(34)11-7-19/h6-16,29H,5,17H2,1-4H3/t29-/m1/s1. The molecule has 0 N–H and O–H groups in total. The van der Waals surface area contributed by atoms with Gasteiger partial charge in [-0.15, -0.1) is 0 Å². The Balaban J connectivity index is 1.64. The number of methoxy groups -OCH3 is 2. The number of ether oxygens (including phenoxy) is 4. The van der Waals surface area contributed by atoms with Crippen molar-refractivity contribution in [1.29, 1.82) is 0 Å². The summed E-state index contributed by atoms with van der Waals surface area (Å²) in [5.74, 6) is 0.538. The monoisotopic (exact) mass is 622 g/mol. The molecule has 5 rings (SSSR count). The molecule has 2 heterocycles. The Hall–Kier alpha value is -4.41. The van der Waals surface area contributed by atoms with Crippen LogP contribution in [0.1, 0.15) is 36.6 Å². The number of nitrogens with zero attached hydrogens (tertiary/aromatic N) is 2. The van der Waals surface area contributed by atoms with Gasteiger partial charge in [0.1, 0.15) is 18.2 Å². The molecule has 4 aromatic rings. The molecule has 0 amide bonds. The molecule has 0 aliphatic carbocycles. The Morgan fingerprint density at radius 2 is 1.77 bits per heavy atom. The minimum Gasteiger partial charge on any atom is -0.493 e. The summed E-state index contributed by atoms with van der Waals surface area (Å²) >= 11 is 7.50. The van der Waals surface area contributed by atoms with E-state index in [2.05, 4.69) is 4.99 Å². The number of carbonyl (C=O) groups is 1. The fourth-order valence-corrected chi connectivity index (χ4v) is 5.99. The SMILES string of the molecule is CCOC(=O)C1=C(C)N=c2sc(=Cc3cc(Cl)ccc3OCc3ccc(F)cc3)c(=O)n2[C@@H]1c1ccc(OC)c(OC)c1. The second-order valence-corrected chi connectivity index (χ2v) is 11.0. The molecule has 3 aromatic carbocycles. The largest absolute Gasteiger partial charge is 0.493 e. The summed E-state index contributed by atoms with van der Waals surface area (Å²) in [5.41, 5.74) is 2.30. The Kier molecular flexibility index (Phi) is 8.98. The lowest BCUT2D eigenvalue weighted by molar-refractivity contribution is -0.139. The number of thiazole rings is 1. The average molecular weight is 623 g/mol. The first-order valence-corrected chi connectivity index (χ1v) is 14.5. The molecular weight excluding hydrogens is 595 g/mol. The fourth-order valence-electron chi connectivity index (χ4n) is 4.78. The van der Waals surface area contributed by atoms with Crippen molar-refractivity contribution in [1.82, 2.24) is 4.57 Å². The highest BCUT2D eigenvalue weighted by Gasteiger charge is 2.34. The van der Waals surface area contributed by atoms with Crippen LogP contribution in [-0.2, 0) is 16.1 Å². The zero-order valence-electron chi connectivity index (χ0n) is 23.9. The quantitative estimate of drug-likeness (QED) is 0.239. The number of benzene rings is 3. The summed E-state index contributed by atoms with van der Waals surface area (Å²) in [4.78, 5) is 32.3. The van der Waals surface area contributed by atoms with Gasteiger partial charge >= 0.3 is 5.97 Å². The van der Waals surface area contributed by atoms with Crippen LogP contribution in [0.3, 0.4) is 0 Å². The van der Waals surface area contributed by atoms with Crippen molar-refractivity contribution in [3.63, 3.8) is 0 Å². The van der Waals surface area contributed by atoms with Crippen molar-refractivity contribution in [2.45, 2.75) is 26.5 Å². The summed E-state index contributed by atoms with van der Waals surface area (Å²) in [6.07, 6.45) is 1.69. The number of fused-ring (bicyclic) bond motifs is 1. The van der Waals surface area contributed by atoms with Crippen LogP contribution in [-0.4, -0.2) is 31.4 Å². The maximum Gasteiger partial charge on any atom is 0.338 e. The molecular formula is C32H28ClFN2O6S. The van der Waals surface area contributed by atoms with Gasteiger partial charge in [-0.05, 0) is 73.5 Å². The molecule has 0 spiro atoms. The van der Waals surface area contributed by atoms with Gasteiger partial charge in [0.25, 0.3) is 5.56 Å². The lowest BCUT2D eigenvalue weighted by atomic mass is 9.95. The average Bonchev–Trinajstić information content (AvgIpc) is 3.30. The number of hydrogen-bond acceptors (Lipinski definition) is 8. The van der Waals surface area contributed by atoms with Crippen LogP contribution >= 0.6 is 22.9 Å². The number of rotatable bonds is 9. The van der Waals surface area contributed by atoms with E-state index in [1.54, 1.807) is 68.5 Å². The Morgan fingerprint density at radius 1 is 1.05 bits per heavy atom. The van der Waals surface area contributed by atoms with Crippen molar-refractivity contribution < 1.29 is 28.1 Å². The van der Waals surface area contributed by atoms with Crippen LogP contribution in [0.2, 0.25) is 5.02 Å². The lowest BCUT2D eigenvalue weighted by Gasteiger charge is -2.25. The third-order valence-electron chi connectivity index (χ3n) is 6.81. The van der Waals surface area contributed by atoms with Gasteiger partial charge < -0.3 is 18.9 Å². The number of aromatic nitrogens is 1. The smallest absolute Gasteiger partial charge is 0.338 e. The molecule has 0 radical (unpaired) electrons. The number of allylic oxidation sites excluding steroid dienone is 1. The van der Waals surface area contributed by atoms with Crippen LogP contribution in [0.4, 0.5) is 4.39 Å². The van der Waals surface area contributed by atoms with E-state index in [0.717, 1.165) is 5.56 Å². The summed E-state index contributed by atoms with van der Waals surface area (Å²) in [7, 11) is 3.04. The molecule has 1 aromatic heterocycles. The molecule has 8 nitrogen and oxygen atoms in total. The van der Waals surface area contributed by atoms with Crippen molar-refractivity contribution in [3.8, 4) is 17.2 Å². The van der Waals surface area contributed by atoms with Gasteiger partial charge in [-0.2, -0.15) is 0 Å². The number of halogens is 2. The first-order valence-electron chi connectivity index (χ1n) is 13.3. The summed E-state index contributed by atoms with van der Waals surface area (Å²) in [6, 6.07) is 15.5. The number of carbonyl (C=O) groups excluding carboxylic acids is 1. The van der Waals surface area contributed by atoms with Crippen molar-refractivity contribution in [2.75, 3.05) is 20.8 Å². The van der Waals surface area contributed by atoms with Crippen molar-refractivity contribution >= 4 is 35.0 Å². The van der Waals surface area contributed by atoms with Gasteiger partial charge in [0.05, 0.1) is 42.7 Å². The van der Waals surface area contributed by atoms with E-state index in [1.807, 2.05) is 0 Å². The van der Waals surface area contributed by atoms with Gasteiger partial charge in [-0.25, -0.2) is 14.2 Å². The molecule has 0 bridgehead atoms. The highest BCUT2D eigenvalue weighted by atomic mass is 35.5. The van der Waals surface area contributed by atoms with E-state index in [4.69, 9.17) is 30.5 Å². The second-order valence-electron chi connectivity index (χ2n) is 9.51. The van der Waals surface area contributed by atoms with E-state index < -0.39 is 12.0 Å². The molecule has 1 aliphatic rings. The van der Waals surface area contributed by atoms with E-state index in [1.165, 1.54) is 42.3 Å². The third-order valence-corrected chi connectivity index (χ3v) is 8.02. The van der Waals surface area contributed by atoms with Crippen LogP contribution < -0.4 is 29.1 Å². The Bertz CT molecular complexity index is 1900. The topological polar surface area (TPSA) is 88.4 Å². The minimum absolute atomic E-state index is 0.161. The maximum atomic E-state index is 14.1. The first kappa shape index (κ1) is 30.1. The predicted molar refractivity (Wildman–Crippen MR) is 162 cm³/mol. The molecule has 0 saturated heterocycles. The lowest BCUT2D eigenvalue weighted by Crippen LogP contribution is -2.40. The van der Waals surface area contributed by atoms with Crippen LogP contribution in [0.5, 0.6) is 17.2 Å². The summed E-state index contributed by atoms with van der Waals surface area (Å²) in [6.45, 7) is 3.78. The van der Waals surface area contributed by atoms with E-state index >= 15 is 0 Å². The zero-order chi connectivity index (χ0) is 30.7. The van der Waals surface area contributed by atoms with Gasteiger partial charge in [0.15, 0.2) is 16.3 Å². The highest BCUT2D eigenvalue weighted by Crippen LogP contribution is 2.36. The molecule has 1 aliphatic heterocycles. The Labute approximate surface area is 255 Å². The summed E-state index contributed by atoms with van der Waals surface area (Å²) in [5, 5.41) is 0.455. The normalized spacial score (nSPS) is 14.7. The second kappa shape index (κ2) is 12.8. The highest BCUT2D eigenvalue weighted by molar-refractivity contribution is 7.07. The molecule has 222 valence electrons. The molecule has 0 saturated carbocycles. The van der Waals surface area contributed by atoms with Gasteiger partial charge in [-0.3, -0.25) is 9.36 Å². The van der Waals surface area contributed by atoms with Crippen LogP contribution in [0, 0.1) is 5.82 Å². The molecule has 1 atom stereocenters. The maximum absolute atomic E-state index is 14.1. The fraction of sp³-hybridized carbons (Fsp3) is 0.219. The Morgan fingerprint density at radius 3 is 2.47 bits per heavy atom. The van der Waals surface area contributed by atoms with Crippen LogP contribution in [0.15, 0.2) is 81.7 Å². The van der Waals surface area contributed by atoms with Crippen molar-refractivity contribution in [2.24, 2.45) is 4.99 Å². The van der Waals surface area contributed by atoms with Crippen LogP contribution in [0.25, 0.3) is 6.08 Å². The van der Waals surface area contributed by atoms with Gasteiger partial charge in [0, 0.05) is 10.6 Å². The van der Waals surface area contributed by atoms with E-state index in [0.29, 0.717) is 48.4 Å². The molecule has 0 unspecified atom stereocenters. The summed E-state index contributed by atoms with van der Waals surface area (Å²) < 4.78 is 37.5. The number of esters is 1. The molecule has 43 heavy (non-hydrogen) atoms. The third kappa shape index (κ3) is 6.21. The number of hydrogen-bond donors (Lipinski definition) is 0.